The Hall–Kier alpha value is -2.35. The third kappa shape index (κ3) is 3.37. The van der Waals surface area contributed by atoms with E-state index in [2.05, 4.69) is 21.8 Å². The molecule has 3 rings (SSSR count). The second-order valence-electron chi connectivity index (χ2n) is 5.83. The van der Waals surface area contributed by atoms with E-state index >= 15 is 0 Å². The highest BCUT2D eigenvalue weighted by Crippen LogP contribution is 2.28. The molecule has 122 valence electrons. The summed E-state index contributed by atoms with van der Waals surface area (Å²) in [5.74, 6) is 4.32. The minimum absolute atomic E-state index is 0. The number of aryl methyl sites for hydroxylation is 1. The van der Waals surface area contributed by atoms with Crippen molar-refractivity contribution in [3.05, 3.63) is 41.6 Å². The normalized spacial score (nSPS) is 15.0. The zero-order valence-electron chi connectivity index (χ0n) is 13.3. The molecule has 1 aromatic heterocycles. The first-order valence-corrected chi connectivity index (χ1v) is 7.71. The number of aromatic nitrogens is 2. The molecule has 23 heavy (non-hydrogen) atoms. The summed E-state index contributed by atoms with van der Waals surface area (Å²) in [7, 11) is 0. The van der Waals surface area contributed by atoms with Gasteiger partial charge in [0.25, 0.3) is 5.92 Å². The van der Waals surface area contributed by atoms with Gasteiger partial charge in [0.2, 0.25) is 0 Å². The molecule has 0 spiro atoms. The van der Waals surface area contributed by atoms with E-state index in [4.69, 9.17) is 0 Å². The first-order chi connectivity index (χ1) is 10.9. The Morgan fingerprint density at radius 2 is 1.74 bits per heavy atom. The SMILES string of the molecule is Cc1cc(N2CCC#CCC2)nn1-c1ccc(C(C)(F)F)cc1.[HH]. The van der Waals surface area contributed by atoms with Crippen LogP contribution in [0.25, 0.3) is 5.69 Å². The summed E-state index contributed by atoms with van der Waals surface area (Å²) in [6, 6.07) is 8.30. The van der Waals surface area contributed by atoms with Crippen LogP contribution < -0.4 is 4.90 Å². The lowest BCUT2D eigenvalue weighted by molar-refractivity contribution is 0.0175. The van der Waals surface area contributed by atoms with E-state index in [1.807, 2.05) is 13.0 Å². The fourth-order valence-corrected chi connectivity index (χ4v) is 2.67. The van der Waals surface area contributed by atoms with Crippen molar-refractivity contribution < 1.29 is 10.2 Å². The average Bonchev–Trinajstić information content (AvgIpc) is 2.73. The lowest BCUT2D eigenvalue weighted by Crippen LogP contribution is -2.24. The summed E-state index contributed by atoms with van der Waals surface area (Å²) in [6.45, 7) is 4.60. The maximum Gasteiger partial charge on any atom is 0.270 e. The van der Waals surface area contributed by atoms with Gasteiger partial charge < -0.3 is 4.90 Å². The van der Waals surface area contributed by atoms with Crippen LogP contribution >= 0.6 is 0 Å². The molecule has 0 fully saturated rings. The zero-order chi connectivity index (χ0) is 16.4. The van der Waals surface area contributed by atoms with Crippen LogP contribution in [0.4, 0.5) is 14.6 Å². The molecule has 0 atom stereocenters. The standard InChI is InChI=1S/C18H19F2N3.H2/c1-14-13-17(22-11-5-3-4-6-12-22)21-23(14)16-9-7-15(8-10-16)18(2,19)20;/h7-10,13H,5-6,11-12H2,1-2H3;1H. The first-order valence-electron chi connectivity index (χ1n) is 7.71. The molecule has 1 aliphatic heterocycles. The van der Waals surface area contributed by atoms with E-state index in [-0.39, 0.29) is 6.99 Å². The predicted octanol–water partition coefficient (Wildman–Crippen LogP) is 4.14. The van der Waals surface area contributed by atoms with Gasteiger partial charge >= 0.3 is 0 Å². The topological polar surface area (TPSA) is 21.1 Å². The van der Waals surface area contributed by atoms with Crippen LogP contribution in [0, 0.1) is 18.8 Å². The van der Waals surface area contributed by atoms with Gasteiger partial charge in [-0.2, -0.15) is 5.10 Å². The molecule has 0 aliphatic carbocycles. The van der Waals surface area contributed by atoms with Gasteiger partial charge in [-0.1, -0.05) is 12.1 Å². The number of halogens is 2. The molecule has 2 heterocycles. The van der Waals surface area contributed by atoms with Gasteiger partial charge in [-0.3, -0.25) is 0 Å². The first kappa shape index (κ1) is 15.5. The summed E-state index contributed by atoms with van der Waals surface area (Å²) >= 11 is 0. The molecule has 0 amide bonds. The highest BCUT2D eigenvalue weighted by molar-refractivity contribution is 5.45. The summed E-state index contributed by atoms with van der Waals surface area (Å²) in [5, 5.41) is 4.64. The number of benzene rings is 1. The quantitative estimate of drug-likeness (QED) is 0.793. The number of anilines is 1. The minimum atomic E-state index is -2.82. The monoisotopic (exact) mass is 317 g/mol. The van der Waals surface area contributed by atoms with Gasteiger partial charge in [0, 0.05) is 51.6 Å². The second-order valence-corrected chi connectivity index (χ2v) is 5.83. The number of rotatable bonds is 3. The van der Waals surface area contributed by atoms with E-state index in [9.17, 15) is 8.78 Å². The average molecular weight is 317 g/mol. The van der Waals surface area contributed by atoms with Crippen molar-refractivity contribution in [1.29, 1.82) is 0 Å². The maximum atomic E-state index is 13.3. The van der Waals surface area contributed by atoms with E-state index in [1.165, 1.54) is 12.1 Å². The van der Waals surface area contributed by atoms with Gasteiger partial charge in [-0.15, -0.1) is 11.8 Å². The molecule has 1 aromatic carbocycles. The van der Waals surface area contributed by atoms with Crippen LogP contribution in [0.1, 0.15) is 32.4 Å². The van der Waals surface area contributed by atoms with Gasteiger partial charge in [0.15, 0.2) is 5.82 Å². The number of hydrogen-bond acceptors (Lipinski definition) is 2. The Balaban J connectivity index is 0.00000208. The summed E-state index contributed by atoms with van der Waals surface area (Å²) < 4.78 is 28.4. The van der Waals surface area contributed by atoms with Crippen LogP contribution in [-0.4, -0.2) is 22.9 Å². The molecule has 0 bridgehead atoms. The fourth-order valence-electron chi connectivity index (χ4n) is 2.67. The lowest BCUT2D eigenvalue weighted by Gasteiger charge is -2.18. The zero-order valence-corrected chi connectivity index (χ0v) is 13.3. The molecule has 0 N–H and O–H groups in total. The lowest BCUT2D eigenvalue weighted by atomic mass is 10.1. The molecular weight excluding hydrogens is 296 g/mol. The van der Waals surface area contributed by atoms with Crippen LogP contribution in [-0.2, 0) is 5.92 Å². The Morgan fingerprint density at radius 1 is 1.13 bits per heavy atom. The van der Waals surface area contributed by atoms with Crippen LogP contribution in [0.2, 0.25) is 0 Å². The fraction of sp³-hybridized carbons (Fsp3) is 0.389. The molecule has 5 heteroatoms. The Labute approximate surface area is 136 Å². The number of nitrogens with zero attached hydrogens (tertiary/aromatic N) is 3. The summed E-state index contributed by atoms with van der Waals surface area (Å²) in [6.07, 6.45) is 1.68. The highest BCUT2D eigenvalue weighted by atomic mass is 19.3. The third-order valence-electron chi connectivity index (χ3n) is 3.96. The van der Waals surface area contributed by atoms with Gasteiger partial charge in [-0.25, -0.2) is 13.5 Å². The smallest absolute Gasteiger partial charge is 0.270 e. The highest BCUT2D eigenvalue weighted by Gasteiger charge is 2.24. The van der Waals surface area contributed by atoms with Crippen molar-refractivity contribution in [3.63, 3.8) is 0 Å². The Bertz CT molecular complexity index is 739. The molecule has 1 aliphatic rings. The van der Waals surface area contributed by atoms with Gasteiger partial charge in [0.1, 0.15) is 0 Å². The van der Waals surface area contributed by atoms with Gasteiger partial charge in [0.05, 0.1) is 5.69 Å². The largest absolute Gasteiger partial charge is 0.353 e. The van der Waals surface area contributed by atoms with Gasteiger partial charge in [-0.05, 0) is 19.1 Å². The van der Waals surface area contributed by atoms with Crippen LogP contribution in [0.15, 0.2) is 30.3 Å². The molecule has 0 radical (unpaired) electrons. The van der Waals surface area contributed by atoms with E-state index < -0.39 is 5.92 Å². The van der Waals surface area contributed by atoms with E-state index in [0.717, 1.165) is 50.1 Å². The minimum Gasteiger partial charge on any atom is -0.353 e. The van der Waals surface area contributed by atoms with Crippen LogP contribution in [0.3, 0.4) is 0 Å². The maximum absolute atomic E-state index is 13.3. The molecule has 3 nitrogen and oxygen atoms in total. The molecular formula is C18H21F2N3. The predicted molar refractivity (Wildman–Crippen MR) is 89.2 cm³/mol. The molecule has 0 unspecified atom stereocenters. The molecule has 0 saturated carbocycles. The van der Waals surface area contributed by atoms with Crippen molar-refractivity contribution in [1.82, 2.24) is 9.78 Å². The molecule has 2 aromatic rings. The third-order valence-corrected chi connectivity index (χ3v) is 3.96. The van der Waals surface area contributed by atoms with Crippen LogP contribution in [0.5, 0.6) is 0 Å². The molecule has 0 saturated heterocycles. The summed E-state index contributed by atoms with van der Waals surface area (Å²) in [5.41, 5.74) is 1.77. The van der Waals surface area contributed by atoms with Crippen molar-refractivity contribution in [2.75, 3.05) is 18.0 Å². The number of alkyl halides is 2. The number of hydrogen-bond donors (Lipinski definition) is 0. The Kier molecular flexibility index (Phi) is 4.08. The van der Waals surface area contributed by atoms with E-state index in [1.54, 1.807) is 16.8 Å². The van der Waals surface area contributed by atoms with E-state index in [0.29, 0.717) is 0 Å². The van der Waals surface area contributed by atoms with Crippen molar-refractivity contribution in [2.24, 2.45) is 0 Å². The van der Waals surface area contributed by atoms with Crippen molar-refractivity contribution >= 4 is 5.82 Å². The Morgan fingerprint density at radius 3 is 2.30 bits per heavy atom. The van der Waals surface area contributed by atoms with Crippen molar-refractivity contribution in [3.8, 4) is 17.5 Å². The second kappa shape index (κ2) is 6.04. The van der Waals surface area contributed by atoms with Crippen molar-refractivity contribution in [2.45, 2.75) is 32.6 Å². The summed E-state index contributed by atoms with van der Waals surface area (Å²) in [4.78, 5) is 2.20.